The summed E-state index contributed by atoms with van der Waals surface area (Å²) >= 11 is 0. The first kappa shape index (κ1) is 17.7. The largest absolute Gasteiger partial charge is 0.481 e. The lowest BCUT2D eigenvalue weighted by atomic mass is 9.77. The van der Waals surface area contributed by atoms with Gasteiger partial charge in [-0.15, -0.1) is 0 Å². The van der Waals surface area contributed by atoms with Gasteiger partial charge in [0.05, 0.1) is 5.41 Å². The number of nitrogens with zero attached hydrogens (tertiary/aromatic N) is 3. The van der Waals surface area contributed by atoms with Gasteiger partial charge in [-0.05, 0) is 37.4 Å². The lowest BCUT2D eigenvalue weighted by Gasteiger charge is -2.40. The van der Waals surface area contributed by atoms with Crippen molar-refractivity contribution in [2.75, 3.05) is 45.8 Å². The van der Waals surface area contributed by atoms with Gasteiger partial charge in [-0.3, -0.25) is 9.69 Å². The van der Waals surface area contributed by atoms with Gasteiger partial charge >= 0.3 is 5.97 Å². The van der Waals surface area contributed by atoms with Gasteiger partial charge in [0, 0.05) is 47.1 Å². The zero-order valence-corrected chi connectivity index (χ0v) is 14.3. The summed E-state index contributed by atoms with van der Waals surface area (Å²) in [5, 5.41) is 9.70. The molecule has 6 nitrogen and oxygen atoms in total. The predicted molar refractivity (Wildman–Crippen MR) is 89.6 cm³/mol. The molecular weight excluding hydrogens is 294 g/mol. The molecule has 1 N–H and O–H groups in total. The molecule has 0 aliphatic carbocycles. The minimum Gasteiger partial charge on any atom is -0.481 e. The topological polar surface area (TPSA) is 65.9 Å². The fraction of sp³-hybridized carbons (Fsp3) is 0.647. The van der Waals surface area contributed by atoms with Crippen LogP contribution in [0.3, 0.4) is 0 Å². The van der Waals surface area contributed by atoms with Crippen LogP contribution in [-0.2, 0) is 16.1 Å². The molecule has 1 atom stereocenters. The molecular formula is C17H27N3O3. The standard InChI is InChI=1S/C17H27N3O3/c1-19(2)15-6-5-14(11-18-15)12-20-9-4-7-17(13-20,16(21)22)8-10-23-3/h5-6,11H,4,7-10,12-13H2,1-3H3,(H,21,22)/t17-/m0/s1. The summed E-state index contributed by atoms with van der Waals surface area (Å²) in [4.78, 5) is 20.4. The van der Waals surface area contributed by atoms with Crippen LogP contribution in [0.2, 0.25) is 0 Å². The van der Waals surface area contributed by atoms with E-state index in [0.29, 0.717) is 19.6 Å². The quantitative estimate of drug-likeness (QED) is 0.827. The van der Waals surface area contributed by atoms with E-state index in [2.05, 4.69) is 16.0 Å². The maximum absolute atomic E-state index is 11.8. The van der Waals surface area contributed by atoms with E-state index in [0.717, 1.165) is 37.3 Å². The summed E-state index contributed by atoms with van der Waals surface area (Å²) in [7, 11) is 5.54. The van der Waals surface area contributed by atoms with Crippen molar-refractivity contribution in [3.05, 3.63) is 23.9 Å². The van der Waals surface area contributed by atoms with Crippen molar-refractivity contribution < 1.29 is 14.6 Å². The number of methoxy groups -OCH3 is 1. The van der Waals surface area contributed by atoms with Crippen LogP contribution in [0.25, 0.3) is 0 Å². The number of likely N-dealkylation sites (tertiary alicyclic amines) is 1. The number of hydrogen-bond donors (Lipinski definition) is 1. The Kier molecular flexibility index (Phi) is 5.96. The van der Waals surface area contributed by atoms with Crippen molar-refractivity contribution in [1.29, 1.82) is 0 Å². The molecule has 1 fully saturated rings. The fourth-order valence-corrected chi connectivity index (χ4v) is 3.18. The molecule has 0 radical (unpaired) electrons. The Morgan fingerprint density at radius 1 is 1.48 bits per heavy atom. The minimum absolute atomic E-state index is 0.485. The van der Waals surface area contributed by atoms with E-state index >= 15 is 0 Å². The Balaban J connectivity index is 2.03. The third kappa shape index (κ3) is 4.42. The number of aliphatic carboxylic acids is 1. The van der Waals surface area contributed by atoms with Gasteiger partial charge in [0.25, 0.3) is 0 Å². The van der Waals surface area contributed by atoms with Gasteiger partial charge in [-0.25, -0.2) is 4.98 Å². The maximum atomic E-state index is 11.8. The first-order chi connectivity index (χ1) is 11.0. The normalized spacial score (nSPS) is 22.0. The van der Waals surface area contributed by atoms with Gasteiger partial charge in [-0.2, -0.15) is 0 Å². The van der Waals surface area contributed by atoms with Crippen LogP contribution in [0, 0.1) is 5.41 Å². The van der Waals surface area contributed by atoms with E-state index in [1.165, 1.54) is 0 Å². The van der Waals surface area contributed by atoms with E-state index in [1.807, 2.05) is 31.3 Å². The number of aromatic nitrogens is 1. The van der Waals surface area contributed by atoms with E-state index in [-0.39, 0.29) is 0 Å². The lowest BCUT2D eigenvalue weighted by Crippen LogP contribution is -2.48. The van der Waals surface area contributed by atoms with E-state index in [4.69, 9.17) is 4.74 Å². The van der Waals surface area contributed by atoms with Crippen LogP contribution >= 0.6 is 0 Å². The molecule has 1 aliphatic heterocycles. The Labute approximate surface area is 138 Å². The second-order valence-electron chi connectivity index (χ2n) is 6.56. The number of carbonyl (C=O) groups is 1. The fourth-order valence-electron chi connectivity index (χ4n) is 3.18. The molecule has 0 aromatic carbocycles. The zero-order valence-electron chi connectivity index (χ0n) is 14.3. The highest BCUT2D eigenvalue weighted by Crippen LogP contribution is 2.34. The Hall–Kier alpha value is -1.66. The highest BCUT2D eigenvalue weighted by Gasteiger charge is 2.41. The number of anilines is 1. The molecule has 2 heterocycles. The van der Waals surface area contributed by atoms with E-state index in [1.54, 1.807) is 7.11 Å². The van der Waals surface area contributed by atoms with Crippen LogP contribution in [0.1, 0.15) is 24.8 Å². The van der Waals surface area contributed by atoms with Crippen LogP contribution in [-0.4, -0.2) is 61.9 Å². The number of hydrogen-bond acceptors (Lipinski definition) is 5. The number of pyridine rings is 1. The van der Waals surface area contributed by atoms with Crippen LogP contribution in [0.4, 0.5) is 5.82 Å². The molecule has 0 saturated carbocycles. The average molecular weight is 321 g/mol. The monoisotopic (exact) mass is 321 g/mol. The molecule has 1 aromatic rings. The smallest absolute Gasteiger partial charge is 0.311 e. The van der Waals surface area contributed by atoms with Crippen molar-refractivity contribution >= 4 is 11.8 Å². The first-order valence-corrected chi connectivity index (χ1v) is 8.04. The second kappa shape index (κ2) is 7.75. The Morgan fingerprint density at radius 3 is 2.83 bits per heavy atom. The summed E-state index contributed by atoms with van der Waals surface area (Å²) in [6.07, 6.45) is 4.06. The number of ether oxygens (including phenoxy) is 1. The Morgan fingerprint density at radius 2 is 2.26 bits per heavy atom. The second-order valence-corrected chi connectivity index (χ2v) is 6.56. The highest BCUT2D eigenvalue weighted by atomic mass is 16.5. The maximum Gasteiger partial charge on any atom is 0.311 e. The van der Waals surface area contributed by atoms with Gasteiger partial charge in [-0.1, -0.05) is 6.07 Å². The Bertz CT molecular complexity index is 518. The summed E-state index contributed by atoms with van der Waals surface area (Å²) in [6, 6.07) is 4.06. The van der Waals surface area contributed by atoms with Crippen molar-refractivity contribution in [2.24, 2.45) is 5.41 Å². The van der Waals surface area contributed by atoms with Gasteiger partial charge in [0.15, 0.2) is 0 Å². The molecule has 1 saturated heterocycles. The lowest BCUT2D eigenvalue weighted by molar-refractivity contribution is -0.154. The van der Waals surface area contributed by atoms with Crippen molar-refractivity contribution in [3.63, 3.8) is 0 Å². The molecule has 0 bridgehead atoms. The van der Waals surface area contributed by atoms with E-state index < -0.39 is 11.4 Å². The third-order valence-corrected chi connectivity index (χ3v) is 4.57. The SMILES string of the molecule is COCC[C@@]1(C(=O)O)CCCN(Cc2ccc(N(C)C)nc2)C1. The number of rotatable bonds is 7. The number of piperidine rings is 1. The molecule has 0 spiro atoms. The summed E-state index contributed by atoms with van der Waals surface area (Å²) in [5.74, 6) is 0.215. The van der Waals surface area contributed by atoms with Gasteiger partial charge in [0.2, 0.25) is 0 Å². The molecule has 2 rings (SSSR count). The van der Waals surface area contributed by atoms with Crippen molar-refractivity contribution in [2.45, 2.75) is 25.8 Å². The molecule has 23 heavy (non-hydrogen) atoms. The molecule has 6 heteroatoms. The number of carboxylic acids is 1. The molecule has 1 aliphatic rings. The summed E-state index contributed by atoms with van der Waals surface area (Å²) in [5.41, 5.74) is 0.425. The van der Waals surface area contributed by atoms with Gasteiger partial charge < -0.3 is 14.7 Å². The van der Waals surface area contributed by atoms with Crippen LogP contribution < -0.4 is 4.90 Å². The molecule has 0 amide bonds. The van der Waals surface area contributed by atoms with Crippen molar-refractivity contribution in [1.82, 2.24) is 9.88 Å². The summed E-state index contributed by atoms with van der Waals surface area (Å²) in [6.45, 7) is 2.72. The molecule has 0 unspecified atom stereocenters. The first-order valence-electron chi connectivity index (χ1n) is 8.04. The van der Waals surface area contributed by atoms with E-state index in [9.17, 15) is 9.90 Å². The highest BCUT2D eigenvalue weighted by molar-refractivity contribution is 5.75. The van der Waals surface area contributed by atoms with Crippen molar-refractivity contribution in [3.8, 4) is 0 Å². The molecule has 1 aromatic heterocycles. The summed E-state index contributed by atoms with van der Waals surface area (Å²) < 4.78 is 5.11. The molecule has 128 valence electrons. The third-order valence-electron chi connectivity index (χ3n) is 4.57. The van der Waals surface area contributed by atoms with Gasteiger partial charge in [0.1, 0.15) is 5.82 Å². The van der Waals surface area contributed by atoms with Crippen LogP contribution in [0.5, 0.6) is 0 Å². The zero-order chi connectivity index (χ0) is 16.9. The number of carboxylic acid groups (broad SMARTS) is 1. The predicted octanol–water partition coefficient (Wildman–Crippen LogP) is 1.85. The van der Waals surface area contributed by atoms with Crippen LogP contribution in [0.15, 0.2) is 18.3 Å². The average Bonchev–Trinajstić information content (AvgIpc) is 2.53. The minimum atomic E-state index is -0.708.